The van der Waals surface area contributed by atoms with Crippen molar-refractivity contribution in [1.82, 2.24) is 9.78 Å². The van der Waals surface area contributed by atoms with Crippen LogP contribution in [0.5, 0.6) is 0 Å². The van der Waals surface area contributed by atoms with Crippen molar-refractivity contribution in [3.8, 4) is 0 Å². The highest BCUT2D eigenvalue weighted by Crippen LogP contribution is 2.24. The second-order valence-corrected chi connectivity index (χ2v) is 6.22. The third-order valence-electron chi connectivity index (χ3n) is 4.18. The number of carboxylic acids is 1. The van der Waals surface area contributed by atoms with Crippen LogP contribution < -0.4 is 0 Å². The molecule has 0 atom stereocenters. The van der Waals surface area contributed by atoms with Gasteiger partial charge in [-0.25, -0.2) is 4.79 Å². The predicted octanol–water partition coefficient (Wildman–Crippen LogP) is 3.94. The maximum Gasteiger partial charge on any atom is 0.356 e. The second kappa shape index (κ2) is 6.53. The Bertz CT molecular complexity index is 694. The van der Waals surface area contributed by atoms with Gasteiger partial charge in [0.05, 0.1) is 6.54 Å². The monoisotopic (exact) mass is 318 g/mol. The fourth-order valence-electron chi connectivity index (χ4n) is 3.14. The molecule has 2 aromatic rings. The molecule has 0 saturated heterocycles. The summed E-state index contributed by atoms with van der Waals surface area (Å²) in [6.07, 6.45) is 6.20. The molecule has 1 heterocycles. The Labute approximate surface area is 134 Å². The summed E-state index contributed by atoms with van der Waals surface area (Å²) in [5.41, 5.74) is 3.27. The standard InChI is InChI=1S/C17H19ClN2O2/c18-13-7-5-6-12(10-13)11-20-15-9-4-2-1-3-8-14(15)16(19-20)17(21)22/h5-7,10H,1-4,8-9,11H2,(H,21,22). The first-order chi connectivity index (χ1) is 10.6. The number of hydrogen-bond acceptors (Lipinski definition) is 2. The molecule has 1 aromatic heterocycles. The molecular formula is C17H19ClN2O2. The molecule has 1 aliphatic rings. The van der Waals surface area contributed by atoms with Crippen molar-refractivity contribution in [2.24, 2.45) is 0 Å². The third-order valence-corrected chi connectivity index (χ3v) is 4.42. The van der Waals surface area contributed by atoms with Gasteiger partial charge in [-0.15, -0.1) is 0 Å². The van der Waals surface area contributed by atoms with Gasteiger partial charge >= 0.3 is 5.97 Å². The Morgan fingerprint density at radius 1 is 1.23 bits per heavy atom. The van der Waals surface area contributed by atoms with Crippen LogP contribution in [0, 0.1) is 0 Å². The van der Waals surface area contributed by atoms with Gasteiger partial charge in [-0.1, -0.05) is 36.6 Å². The van der Waals surface area contributed by atoms with Crippen LogP contribution in [0.15, 0.2) is 24.3 Å². The minimum absolute atomic E-state index is 0.221. The van der Waals surface area contributed by atoms with Gasteiger partial charge in [-0.2, -0.15) is 5.10 Å². The SMILES string of the molecule is O=C(O)c1nn(Cc2cccc(Cl)c2)c2c1CCCCCC2. The van der Waals surface area contributed by atoms with E-state index in [1.165, 1.54) is 6.42 Å². The van der Waals surface area contributed by atoms with E-state index in [-0.39, 0.29) is 5.69 Å². The molecule has 1 N–H and O–H groups in total. The van der Waals surface area contributed by atoms with Gasteiger partial charge in [0.1, 0.15) is 0 Å². The highest BCUT2D eigenvalue weighted by atomic mass is 35.5. The number of benzene rings is 1. The maximum absolute atomic E-state index is 11.5. The number of fused-ring (bicyclic) bond motifs is 1. The lowest BCUT2D eigenvalue weighted by Crippen LogP contribution is -2.09. The summed E-state index contributed by atoms with van der Waals surface area (Å²) in [6.45, 7) is 0.566. The van der Waals surface area contributed by atoms with E-state index in [0.717, 1.165) is 48.9 Å². The second-order valence-electron chi connectivity index (χ2n) is 5.78. The molecule has 0 unspecified atom stereocenters. The van der Waals surface area contributed by atoms with Crippen molar-refractivity contribution in [3.05, 3.63) is 51.8 Å². The van der Waals surface area contributed by atoms with Crippen molar-refractivity contribution in [3.63, 3.8) is 0 Å². The molecule has 0 aliphatic heterocycles. The van der Waals surface area contributed by atoms with Gasteiger partial charge < -0.3 is 5.11 Å². The summed E-state index contributed by atoms with van der Waals surface area (Å²) in [5.74, 6) is -0.929. The summed E-state index contributed by atoms with van der Waals surface area (Å²) >= 11 is 6.03. The van der Waals surface area contributed by atoms with Crippen molar-refractivity contribution in [2.75, 3.05) is 0 Å². The maximum atomic E-state index is 11.5. The molecular weight excluding hydrogens is 300 g/mol. The van der Waals surface area contributed by atoms with E-state index in [4.69, 9.17) is 11.6 Å². The number of carboxylic acid groups (broad SMARTS) is 1. The summed E-state index contributed by atoms with van der Waals surface area (Å²) in [4.78, 5) is 11.5. The number of hydrogen-bond donors (Lipinski definition) is 1. The van der Waals surface area contributed by atoms with Gasteiger partial charge in [-0.05, 0) is 43.4 Å². The lowest BCUT2D eigenvalue weighted by molar-refractivity contribution is 0.0688. The van der Waals surface area contributed by atoms with Crippen LogP contribution in [0.3, 0.4) is 0 Å². The Morgan fingerprint density at radius 2 is 2.00 bits per heavy atom. The third kappa shape index (κ3) is 3.17. The van der Waals surface area contributed by atoms with Crippen molar-refractivity contribution in [1.29, 1.82) is 0 Å². The van der Waals surface area contributed by atoms with E-state index in [2.05, 4.69) is 5.10 Å². The van der Waals surface area contributed by atoms with Crippen molar-refractivity contribution >= 4 is 17.6 Å². The minimum atomic E-state index is -0.929. The largest absolute Gasteiger partial charge is 0.476 e. The molecule has 1 aliphatic carbocycles. The highest BCUT2D eigenvalue weighted by Gasteiger charge is 2.23. The van der Waals surface area contributed by atoms with Gasteiger partial charge in [0, 0.05) is 16.3 Å². The first-order valence-corrected chi connectivity index (χ1v) is 8.09. The fraction of sp³-hybridized carbons (Fsp3) is 0.412. The number of carbonyl (C=O) groups is 1. The van der Waals surface area contributed by atoms with E-state index < -0.39 is 5.97 Å². The van der Waals surface area contributed by atoms with Crippen LogP contribution in [-0.4, -0.2) is 20.9 Å². The number of aromatic nitrogens is 2. The molecule has 0 amide bonds. The van der Waals surface area contributed by atoms with E-state index in [0.29, 0.717) is 11.6 Å². The zero-order valence-electron chi connectivity index (χ0n) is 12.4. The first kappa shape index (κ1) is 15.1. The Balaban J connectivity index is 1.99. The molecule has 3 rings (SSSR count). The smallest absolute Gasteiger partial charge is 0.356 e. The van der Waals surface area contributed by atoms with Crippen molar-refractivity contribution in [2.45, 2.75) is 45.1 Å². The van der Waals surface area contributed by atoms with E-state index in [9.17, 15) is 9.90 Å². The van der Waals surface area contributed by atoms with Crippen LogP contribution in [0.25, 0.3) is 0 Å². The minimum Gasteiger partial charge on any atom is -0.476 e. The molecule has 22 heavy (non-hydrogen) atoms. The first-order valence-electron chi connectivity index (χ1n) is 7.71. The summed E-state index contributed by atoms with van der Waals surface area (Å²) in [7, 11) is 0. The fourth-order valence-corrected chi connectivity index (χ4v) is 3.35. The quantitative estimate of drug-likeness (QED) is 0.932. The normalized spacial score (nSPS) is 15.0. The van der Waals surface area contributed by atoms with Gasteiger partial charge in [0.25, 0.3) is 0 Å². The number of nitrogens with zero attached hydrogens (tertiary/aromatic N) is 2. The van der Waals surface area contributed by atoms with Crippen LogP contribution in [0.1, 0.15) is 53.0 Å². The molecule has 0 spiro atoms. The van der Waals surface area contributed by atoms with Crippen LogP contribution in [0.2, 0.25) is 5.02 Å². The zero-order chi connectivity index (χ0) is 15.5. The molecule has 0 bridgehead atoms. The van der Waals surface area contributed by atoms with Crippen molar-refractivity contribution < 1.29 is 9.90 Å². The van der Waals surface area contributed by atoms with Gasteiger partial charge in [0.2, 0.25) is 0 Å². The molecule has 5 heteroatoms. The Hall–Kier alpha value is -1.81. The lowest BCUT2D eigenvalue weighted by Gasteiger charge is -2.13. The van der Waals surface area contributed by atoms with Crippen LogP contribution in [-0.2, 0) is 19.4 Å². The van der Waals surface area contributed by atoms with Crippen LogP contribution >= 0.6 is 11.6 Å². The highest BCUT2D eigenvalue weighted by molar-refractivity contribution is 6.30. The number of halogens is 1. The predicted molar refractivity (Wildman–Crippen MR) is 85.6 cm³/mol. The average Bonchev–Trinajstić information content (AvgIpc) is 2.75. The summed E-state index contributed by atoms with van der Waals surface area (Å²) < 4.78 is 1.86. The summed E-state index contributed by atoms with van der Waals surface area (Å²) in [6, 6.07) is 7.63. The van der Waals surface area contributed by atoms with E-state index >= 15 is 0 Å². The van der Waals surface area contributed by atoms with E-state index in [1.54, 1.807) is 0 Å². The lowest BCUT2D eigenvalue weighted by atomic mass is 9.96. The Morgan fingerprint density at radius 3 is 2.73 bits per heavy atom. The van der Waals surface area contributed by atoms with E-state index in [1.807, 2.05) is 28.9 Å². The average molecular weight is 319 g/mol. The summed E-state index contributed by atoms with van der Waals surface area (Å²) in [5, 5.41) is 14.5. The topological polar surface area (TPSA) is 55.1 Å². The molecule has 4 nitrogen and oxygen atoms in total. The molecule has 0 radical (unpaired) electrons. The molecule has 116 valence electrons. The number of rotatable bonds is 3. The Kier molecular flexibility index (Phi) is 4.48. The number of aromatic carboxylic acids is 1. The van der Waals surface area contributed by atoms with Gasteiger partial charge in [0.15, 0.2) is 5.69 Å². The molecule has 1 aromatic carbocycles. The van der Waals surface area contributed by atoms with Gasteiger partial charge in [-0.3, -0.25) is 4.68 Å². The zero-order valence-corrected chi connectivity index (χ0v) is 13.1. The molecule has 0 fully saturated rings. The van der Waals surface area contributed by atoms with Crippen LogP contribution in [0.4, 0.5) is 0 Å². The molecule has 0 saturated carbocycles.